The van der Waals surface area contributed by atoms with E-state index >= 15 is 0 Å². The summed E-state index contributed by atoms with van der Waals surface area (Å²) >= 11 is 0. The summed E-state index contributed by atoms with van der Waals surface area (Å²) in [5.74, 6) is 0. The molecular weight excluding hydrogens is 200 g/mol. The third kappa shape index (κ3) is 1.95. The molecule has 1 heterocycles. The quantitative estimate of drug-likeness (QED) is 0.764. The Balaban J connectivity index is 2.34. The Bertz CT molecular complexity index is 395. The van der Waals surface area contributed by atoms with Crippen LogP contribution in [-0.2, 0) is 0 Å². The van der Waals surface area contributed by atoms with Crippen LogP contribution in [0.4, 0.5) is 5.69 Å². The van der Waals surface area contributed by atoms with Crippen molar-refractivity contribution in [2.75, 3.05) is 31.1 Å². The third-order valence-electron chi connectivity index (χ3n) is 3.39. The van der Waals surface area contributed by atoms with Crippen LogP contribution < -0.4 is 10.2 Å². The summed E-state index contributed by atoms with van der Waals surface area (Å²) in [5, 5.41) is 3.34. The maximum atomic E-state index is 10.8. The fourth-order valence-corrected chi connectivity index (χ4v) is 2.20. The average Bonchev–Trinajstić information content (AvgIpc) is 2.34. The summed E-state index contributed by atoms with van der Waals surface area (Å²) in [7, 11) is 0. The van der Waals surface area contributed by atoms with Crippen LogP contribution in [0.2, 0.25) is 0 Å². The number of hydrogen-bond acceptors (Lipinski definition) is 3. The van der Waals surface area contributed by atoms with Gasteiger partial charge in [0.2, 0.25) is 0 Å². The number of hydrogen-bond donors (Lipinski definition) is 1. The van der Waals surface area contributed by atoms with Crippen LogP contribution in [0.1, 0.15) is 21.5 Å². The van der Waals surface area contributed by atoms with Gasteiger partial charge in [-0.15, -0.1) is 0 Å². The van der Waals surface area contributed by atoms with Gasteiger partial charge >= 0.3 is 0 Å². The van der Waals surface area contributed by atoms with Gasteiger partial charge in [0.25, 0.3) is 0 Å². The molecule has 0 aromatic heterocycles. The maximum Gasteiger partial charge on any atom is 0.150 e. The highest BCUT2D eigenvalue weighted by atomic mass is 16.1. The summed E-state index contributed by atoms with van der Waals surface area (Å²) in [6, 6.07) is 3.99. The lowest BCUT2D eigenvalue weighted by Crippen LogP contribution is -2.43. The molecule has 0 saturated carbocycles. The average molecular weight is 218 g/mol. The maximum absolute atomic E-state index is 10.8. The van der Waals surface area contributed by atoms with E-state index in [0.717, 1.165) is 43.6 Å². The highest BCUT2D eigenvalue weighted by Crippen LogP contribution is 2.25. The van der Waals surface area contributed by atoms with Crippen LogP contribution in [0.25, 0.3) is 0 Å². The third-order valence-corrected chi connectivity index (χ3v) is 3.39. The molecule has 1 saturated heterocycles. The highest BCUT2D eigenvalue weighted by Gasteiger charge is 2.14. The highest BCUT2D eigenvalue weighted by molar-refractivity contribution is 5.80. The van der Waals surface area contributed by atoms with Crippen LogP contribution in [0.3, 0.4) is 0 Å². The van der Waals surface area contributed by atoms with Crippen LogP contribution in [0.5, 0.6) is 0 Å². The molecule has 2 rings (SSSR count). The molecule has 0 unspecified atom stereocenters. The molecule has 0 amide bonds. The predicted molar refractivity (Wildman–Crippen MR) is 66.4 cm³/mol. The molecule has 0 spiro atoms. The van der Waals surface area contributed by atoms with Crippen molar-refractivity contribution >= 4 is 12.0 Å². The molecule has 0 atom stereocenters. The zero-order valence-corrected chi connectivity index (χ0v) is 9.92. The number of anilines is 1. The van der Waals surface area contributed by atoms with E-state index in [-0.39, 0.29) is 0 Å². The van der Waals surface area contributed by atoms with E-state index in [1.165, 1.54) is 11.3 Å². The molecule has 0 bridgehead atoms. The number of aldehydes is 1. The number of carbonyl (C=O) groups excluding carboxylic acids is 1. The Morgan fingerprint density at radius 3 is 2.50 bits per heavy atom. The zero-order valence-electron chi connectivity index (χ0n) is 9.92. The molecule has 1 aromatic carbocycles. The van der Waals surface area contributed by atoms with E-state index in [9.17, 15) is 4.79 Å². The summed E-state index contributed by atoms with van der Waals surface area (Å²) in [5.41, 5.74) is 4.40. The zero-order chi connectivity index (χ0) is 11.5. The minimum absolute atomic E-state index is 0.802. The Morgan fingerprint density at radius 1 is 1.19 bits per heavy atom. The minimum Gasteiger partial charge on any atom is -0.369 e. The van der Waals surface area contributed by atoms with E-state index in [1.54, 1.807) is 0 Å². The second-order valence-electron chi connectivity index (χ2n) is 4.28. The number of benzene rings is 1. The minimum atomic E-state index is 0.802. The van der Waals surface area contributed by atoms with Crippen molar-refractivity contribution in [2.45, 2.75) is 13.8 Å². The number of carbonyl (C=O) groups is 1. The Morgan fingerprint density at radius 2 is 1.88 bits per heavy atom. The van der Waals surface area contributed by atoms with Gasteiger partial charge in [-0.25, -0.2) is 0 Å². The summed E-state index contributed by atoms with van der Waals surface area (Å²) in [4.78, 5) is 13.2. The van der Waals surface area contributed by atoms with Crippen LogP contribution in [0.15, 0.2) is 12.1 Å². The molecule has 1 aromatic rings. The van der Waals surface area contributed by atoms with Crippen molar-refractivity contribution < 1.29 is 4.79 Å². The molecule has 0 radical (unpaired) electrons. The topological polar surface area (TPSA) is 32.3 Å². The molecule has 1 fully saturated rings. The number of piperazine rings is 1. The van der Waals surface area contributed by atoms with Gasteiger partial charge in [-0.2, -0.15) is 0 Å². The second kappa shape index (κ2) is 4.66. The lowest BCUT2D eigenvalue weighted by molar-refractivity contribution is 0.112. The first-order valence-corrected chi connectivity index (χ1v) is 5.75. The smallest absolute Gasteiger partial charge is 0.150 e. The fraction of sp³-hybridized carbons (Fsp3) is 0.462. The number of rotatable bonds is 2. The molecule has 86 valence electrons. The van der Waals surface area contributed by atoms with Crippen molar-refractivity contribution in [3.05, 3.63) is 28.8 Å². The van der Waals surface area contributed by atoms with Crippen molar-refractivity contribution in [2.24, 2.45) is 0 Å². The summed E-state index contributed by atoms with van der Waals surface area (Å²) in [6.45, 7) is 8.27. The van der Waals surface area contributed by atoms with Gasteiger partial charge in [0.05, 0.1) is 0 Å². The van der Waals surface area contributed by atoms with Crippen molar-refractivity contribution in [1.82, 2.24) is 5.32 Å². The van der Waals surface area contributed by atoms with E-state index in [4.69, 9.17) is 0 Å². The standard InChI is InChI=1S/C13H18N2O/c1-10-11(2)13(4-3-12(10)9-16)15-7-5-14-6-8-15/h3-4,9,14H,5-8H2,1-2H3. The number of nitrogens with one attached hydrogen (secondary N) is 1. The second-order valence-corrected chi connectivity index (χ2v) is 4.28. The van der Waals surface area contributed by atoms with Gasteiger partial charge in [-0.3, -0.25) is 4.79 Å². The van der Waals surface area contributed by atoms with E-state index in [1.807, 2.05) is 13.0 Å². The first-order valence-electron chi connectivity index (χ1n) is 5.75. The van der Waals surface area contributed by atoms with E-state index < -0.39 is 0 Å². The largest absolute Gasteiger partial charge is 0.369 e. The first kappa shape index (κ1) is 11.1. The van der Waals surface area contributed by atoms with Crippen LogP contribution >= 0.6 is 0 Å². The van der Waals surface area contributed by atoms with Gasteiger partial charge in [0.1, 0.15) is 6.29 Å². The Labute approximate surface area is 96.5 Å². The molecule has 1 aliphatic heterocycles. The SMILES string of the molecule is Cc1c(C=O)ccc(N2CCNCC2)c1C. The molecule has 1 aliphatic rings. The van der Waals surface area contributed by atoms with E-state index in [2.05, 4.69) is 23.2 Å². The predicted octanol–water partition coefficient (Wildman–Crippen LogP) is 1.53. The van der Waals surface area contributed by atoms with Crippen LogP contribution in [-0.4, -0.2) is 32.5 Å². The molecule has 0 aliphatic carbocycles. The summed E-state index contributed by atoms with van der Waals surface area (Å²) < 4.78 is 0. The fourth-order valence-electron chi connectivity index (χ4n) is 2.20. The van der Waals surface area contributed by atoms with Gasteiger partial charge < -0.3 is 10.2 Å². The lowest BCUT2D eigenvalue weighted by atomic mass is 10.0. The normalized spacial score (nSPS) is 16.2. The van der Waals surface area contributed by atoms with Gasteiger partial charge in [0.15, 0.2) is 0 Å². The first-order chi connectivity index (χ1) is 7.74. The van der Waals surface area contributed by atoms with Crippen molar-refractivity contribution in [3.8, 4) is 0 Å². The van der Waals surface area contributed by atoms with Crippen LogP contribution in [0, 0.1) is 13.8 Å². The molecule has 3 heteroatoms. The van der Waals surface area contributed by atoms with E-state index in [0.29, 0.717) is 0 Å². The monoisotopic (exact) mass is 218 g/mol. The van der Waals surface area contributed by atoms with Crippen molar-refractivity contribution in [1.29, 1.82) is 0 Å². The Kier molecular flexibility index (Phi) is 3.25. The van der Waals surface area contributed by atoms with Gasteiger partial charge in [0, 0.05) is 37.4 Å². The summed E-state index contributed by atoms with van der Waals surface area (Å²) in [6.07, 6.45) is 0.934. The van der Waals surface area contributed by atoms with Gasteiger partial charge in [-0.05, 0) is 37.1 Å². The van der Waals surface area contributed by atoms with Gasteiger partial charge in [-0.1, -0.05) is 0 Å². The molecule has 1 N–H and O–H groups in total. The lowest BCUT2D eigenvalue weighted by Gasteiger charge is -2.31. The number of nitrogens with zero attached hydrogens (tertiary/aromatic N) is 1. The Hall–Kier alpha value is -1.35. The molecular formula is C13H18N2O. The van der Waals surface area contributed by atoms with Crippen molar-refractivity contribution in [3.63, 3.8) is 0 Å². The molecule has 3 nitrogen and oxygen atoms in total. The molecule has 16 heavy (non-hydrogen) atoms.